The number of rotatable bonds is 9. The molecule has 10 heteroatoms. The highest BCUT2D eigenvalue weighted by Gasteiger charge is 2.16. The van der Waals surface area contributed by atoms with E-state index in [2.05, 4.69) is 26.6 Å². The molecular formula is C26H21BrClN3O5. The fraction of sp³-hybridized carbons (Fsp3) is 0.115. The van der Waals surface area contributed by atoms with Gasteiger partial charge in [0.25, 0.3) is 11.8 Å². The monoisotopic (exact) mass is 569 g/mol. The first-order valence-corrected chi connectivity index (χ1v) is 11.6. The van der Waals surface area contributed by atoms with E-state index in [1.54, 1.807) is 60.7 Å². The molecule has 0 heterocycles. The molecule has 36 heavy (non-hydrogen) atoms. The Labute approximate surface area is 221 Å². The van der Waals surface area contributed by atoms with E-state index in [0.717, 1.165) is 0 Å². The van der Waals surface area contributed by atoms with Gasteiger partial charge >= 0.3 is 0 Å². The molecule has 0 spiro atoms. The molecule has 2 N–H and O–H groups in total. The van der Waals surface area contributed by atoms with Gasteiger partial charge in [-0.25, -0.2) is 0 Å². The smallest absolute Gasteiger partial charge is 0.266 e. The predicted octanol–water partition coefficient (Wildman–Crippen LogP) is 5.68. The number of nitriles is 1. The molecule has 0 radical (unpaired) electrons. The summed E-state index contributed by atoms with van der Waals surface area (Å²) in [7, 11) is 2.95. The van der Waals surface area contributed by atoms with Gasteiger partial charge in [-0.1, -0.05) is 35.9 Å². The maximum absolute atomic E-state index is 12.6. The van der Waals surface area contributed by atoms with Crippen molar-refractivity contribution in [1.82, 2.24) is 0 Å². The van der Waals surface area contributed by atoms with E-state index in [1.165, 1.54) is 20.3 Å². The number of nitrogens with one attached hydrogen (secondary N) is 2. The Morgan fingerprint density at radius 2 is 1.67 bits per heavy atom. The van der Waals surface area contributed by atoms with Crippen LogP contribution in [0.15, 0.2) is 70.7 Å². The number of nitrogens with zero attached hydrogens (tertiary/aromatic N) is 1. The van der Waals surface area contributed by atoms with Gasteiger partial charge in [-0.2, -0.15) is 5.26 Å². The van der Waals surface area contributed by atoms with Crippen molar-refractivity contribution in [3.8, 4) is 23.3 Å². The lowest BCUT2D eigenvalue weighted by Gasteiger charge is -2.14. The molecule has 0 aromatic heterocycles. The maximum atomic E-state index is 12.6. The molecule has 0 saturated carbocycles. The van der Waals surface area contributed by atoms with Crippen LogP contribution in [0.3, 0.4) is 0 Å². The summed E-state index contributed by atoms with van der Waals surface area (Å²) < 4.78 is 16.8. The lowest BCUT2D eigenvalue weighted by Crippen LogP contribution is -2.20. The lowest BCUT2D eigenvalue weighted by molar-refractivity contribution is -0.118. The van der Waals surface area contributed by atoms with Crippen LogP contribution in [0.5, 0.6) is 17.2 Å². The van der Waals surface area contributed by atoms with Crippen LogP contribution >= 0.6 is 27.5 Å². The number of amides is 2. The van der Waals surface area contributed by atoms with Gasteiger partial charge in [0.2, 0.25) is 0 Å². The van der Waals surface area contributed by atoms with E-state index >= 15 is 0 Å². The predicted molar refractivity (Wildman–Crippen MR) is 141 cm³/mol. The van der Waals surface area contributed by atoms with E-state index < -0.39 is 11.8 Å². The third kappa shape index (κ3) is 6.78. The summed E-state index contributed by atoms with van der Waals surface area (Å²) in [6.07, 6.45) is 1.40. The van der Waals surface area contributed by atoms with Crippen molar-refractivity contribution >= 4 is 56.8 Å². The van der Waals surface area contributed by atoms with Gasteiger partial charge in [0.05, 0.1) is 35.1 Å². The zero-order chi connectivity index (χ0) is 26.1. The number of anilines is 2. The van der Waals surface area contributed by atoms with Crippen molar-refractivity contribution in [2.45, 2.75) is 0 Å². The van der Waals surface area contributed by atoms with Crippen LogP contribution in [-0.2, 0) is 9.59 Å². The molecule has 0 fully saturated rings. The Bertz CT molecular complexity index is 1350. The van der Waals surface area contributed by atoms with Crippen molar-refractivity contribution in [3.05, 3.63) is 81.3 Å². The van der Waals surface area contributed by atoms with E-state index in [0.29, 0.717) is 37.9 Å². The van der Waals surface area contributed by atoms with Gasteiger partial charge in [-0.3, -0.25) is 9.59 Å². The zero-order valence-corrected chi connectivity index (χ0v) is 21.6. The van der Waals surface area contributed by atoms with E-state index in [-0.39, 0.29) is 17.9 Å². The van der Waals surface area contributed by atoms with Gasteiger partial charge in [0.15, 0.2) is 18.1 Å². The van der Waals surface area contributed by atoms with E-state index in [1.807, 2.05) is 6.07 Å². The van der Waals surface area contributed by atoms with Crippen molar-refractivity contribution in [3.63, 3.8) is 0 Å². The second-order valence-corrected chi connectivity index (χ2v) is 8.44. The molecule has 184 valence electrons. The number of halogens is 2. The Balaban J connectivity index is 1.75. The average molecular weight is 571 g/mol. The van der Waals surface area contributed by atoms with Crippen molar-refractivity contribution in [1.29, 1.82) is 5.26 Å². The van der Waals surface area contributed by atoms with Gasteiger partial charge in [-0.15, -0.1) is 0 Å². The molecule has 0 aliphatic rings. The van der Waals surface area contributed by atoms with Crippen LogP contribution in [0.25, 0.3) is 6.08 Å². The van der Waals surface area contributed by atoms with Crippen LogP contribution in [0, 0.1) is 11.3 Å². The van der Waals surface area contributed by atoms with Gasteiger partial charge < -0.3 is 24.8 Å². The van der Waals surface area contributed by atoms with Crippen LogP contribution in [0.2, 0.25) is 5.02 Å². The second-order valence-electron chi connectivity index (χ2n) is 7.18. The fourth-order valence-electron chi connectivity index (χ4n) is 3.10. The summed E-state index contributed by atoms with van der Waals surface area (Å²) >= 11 is 9.48. The number of ether oxygens (including phenoxy) is 3. The van der Waals surface area contributed by atoms with Crippen LogP contribution in [-0.4, -0.2) is 32.6 Å². The Morgan fingerprint density at radius 1 is 1.00 bits per heavy atom. The molecule has 0 atom stereocenters. The second kappa shape index (κ2) is 12.6. The topological polar surface area (TPSA) is 110 Å². The van der Waals surface area contributed by atoms with E-state index in [9.17, 15) is 14.9 Å². The molecule has 0 unspecified atom stereocenters. The number of hydrogen-bond donors (Lipinski definition) is 2. The number of hydrogen-bond acceptors (Lipinski definition) is 6. The fourth-order valence-corrected chi connectivity index (χ4v) is 3.86. The lowest BCUT2D eigenvalue weighted by atomic mass is 10.1. The van der Waals surface area contributed by atoms with Crippen molar-refractivity contribution in [2.75, 3.05) is 31.5 Å². The van der Waals surface area contributed by atoms with Crippen LogP contribution in [0.4, 0.5) is 11.4 Å². The average Bonchev–Trinajstić information content (AvgIpc) is 2.87. The number of benzene rings is 3. The third-order valence-electron chi connectivity index (χ3n) is 4.78. The Hall–Kier alpha value is -4.00. The molecule has 0 bridgehead atoms. The molecule has 8 nitrogen and oxygen atoms in total. The molecule has 0 aliphatic heterocycles. The normalized spacial score (nSPS) is 10.7. The summed E-state index contributed by atoms with van der Waals surface area (Å²) in [6, 6.07) is 18.8. The maximum Gasteiger partial charge on any atom is 0.266 e. The first kappa shape index (κ1) is 26.6. The zero-order valence-electron chi connectivity index (χ0n) is 19.3. The molecule has 3 rings (SSSR count). The highest BCUT2D eigenvalue weighted by Crippen LogP contribution is 2.37. The number of para-hydroxylation sites is 3. The quantitative estimate of drug-likeness (QED) is 0.253. The summed E-state index contributed by atoms with van der Waals surface area (Å²) in [4.78, 5) is 25.0. The standard InChI is InChI=1S/C26H21BrClN3O5/c1-34-22-10-6-5-9-21(22)30-24(32)15-36-25-18(27)12-16(13-23(25)35-2)11-17(14-29)26(33)31-20-8-4-3-7-19(20)28/h3-13H,15H2,1-2H3,(H,30,32)(H,31,33)/b17-11+. The minimum absolute atomic E-state index is 0.145. The minimum Gasteiger partial charge on any atom is -0.495 e. The molecule has 3 aromatic rings. The highest BCUT2D eigenvalue weighted by atomic mass is 79.9. The van der Waals surface area contributed by atoms with Crippen molar-refractivity contribution in [2.24, 2.45) is 0 Å². The molecule has 0 aliphatic carbocycles. The van der Waals surface area contributed by atoms with Crippen molar-refractivity contribution < 1.29 is 23.8 Å². The summed E-state index contributed by atoms with van der Waals surface area (Å²) in [5.74, 6) is 0.0791. The van der Waals surface area contributed by atoms with Gasteiger partial charge in [0, 0.05) is 0 Å². The summed E-state index contributed by atoms with van der Waals surface area (Å²) in [6.45, 7) is -0.300. The summed E-state index contributed by atoms with van der Waals surface area (Å²) in [5.41, 5.74) is 1.25. The minimum atomic E-state index is -0.617. The Kier molecular flexibility index (Phi) is 9.33. The van der Waals surface area contributed by atoms with Crippen LogP contribution in [0.1, 0.15) is 5.56 Å². The molecular weight excluding hydrogens is 550 g/mol. The van der Waals surface area contributed by atoms with Gasteiger partial charge in [-0.05, 0) is 64.0 Å². The largest absolute Gasteiger partial charge is 0.495 e. The molecule has 0 saturated heterocycles. The summed E-state index contributed by atoms with van der Waals surface area (Å²) in [5, 5.41) is 15.2. The van der Waals surface area contributed by atoms with Gasteiger partial charge in [0.1, 0.15) is 17.4 Å². The number of carbonyl (C=O) groups is 2. The first-order valence-electron chi connectivity index (χ1n) is 10.5. The Morgan fingerprint density at radius 3 is 2.33 bits per heavy atom. The number of carbonyl (C=O) groups excluding carboxylic acids is 2. The van der Waals surface area contributed by atoms with Crippen LogP contribution < -0.4 is 24.8 Å². The molecule has 3 aromatic carbocycles. The first-order chi connectivity index (χ1) is 17.4. The highest BCUT2D eigenvalue weighted by molar-refractivity contribution is 9.10. The SMILES string of the molecule is COc1ccccc1NC(=O)COc1c(Br)cc(/C=C(\C#N)C(=O)Nc2ccccc2Cl)cc1OC. The molecule has 2 amide bonds. The van der Waals surface area contributed by atoms with E-state index in [4.69, 9.17) is 25.8 Å². The third-order valence-corrected chi connectivity index (χ3v) is 5.70. The number of methoxy groups -OCH3 is 2.